The standard InChI is InChI=1S/C19H31N3O2S/c1-4-19(12-6-13-19)15-22-18(20-5-2)21-14-11-16-7-9-17(10-8-16)25(3,23)24/h7-10H,4-6,11-15H2,1-3H3,(H2,20,21,22). The molecule has 6 heteroatoms. The highest BCUT2D eigenvalue weighted by Gasteiger charge is 2.34. The lowest BCUT2D eigenvalue weighted by Crippen LogP contribution is -2.40. The molecule has 0 radical (unpaired) electrons. The number of hydrogen-bond acceptors (Lipinski definition) is 3. The van der Waals surface area contributed by atoms with Crippen molar-refractivity contribution >= 4 is 15.8 Å². The SMILES string of the molecule is CCNC(=NCC1(CC)CCC1)NCCc1ccc(S(C)(=O)=O)cc1. The molecule has 0 atom stereocenters. The summed E-state index contributed by atoms with van der Waals surface area (Å²) < 4.78 is 23.0. The van der Waals surface area contributed by atoms with Crippen LogP contribution >= 0.6 is 0 Å². The van der Waals surface area contributed by atoms with Crippen molar-refractivity contribution in [1.29, 1.82) is 0 Å². The monoisotopic (exact) mass is 365 g/mol. The zero-order valence-corrected chi connectivity index (χ0v) is 16.5. The number of benzene rings is 1. The Balaban J connectivity index is 1.86. The fraction of sp³-hybridized carbons (Fsp3) is 0.632. The van der Waals surface area contributed by atoms with E-state index in [4.69, 9.17) is 4.99 Å². The number of aliphatic imine (C=N–C) groups is 1. The molecule has 0 aromatic heterocycles. The van der Waals surface area contributed by atoms with Gasteiger partial charge in [-0.25, -0.2) is 8.42 Å². The van der Waals surface area contributed by atoms with E-state index in [2.05, 4.69) is 24.5 Å². The minimum absolute atomic E-state index is 0.365. The first-order chi connectivity index (χ1) is 11.9. The van der Waals surface area contributed by atoms with Crippen molar-refractivity contribution in [2.75, 3.05) is 25.9 Å². The van der Waals surface area contributed by atoms with Gasteiger partial charge in [-0.2, -0.15) is 0 Å². The first-order valence-electron chi connectivity index (χ1n) is 9.20. The molecule has 1 aliphatic rings. The van der Waals surface area contributed by atoms with Gasteiger partial charge in [0.15, 0.2) is 15.8 Å². The second-order valence-electron chi connectivity index (χ2n) is 7.00. The van der Waals surface area contributed by atoms with Gasteiger partial charge in [-0.3, -0.25) is 4.99 Å². The van der Waals surface area contributed by atoms with Crippen molar-refractivity contribution in [2.45, 2.75) is 50.8 Å². The maximum Gasteiger partial charge on any atom is 0.191 e. The van der Waals surface area contributed by atoms with E-state index in [1.807, 2.05) is 12.1 Å². The summed E-state index contributed by atoms with van der Waals surface area (Å²) in [5.74, 6) is 0.870. The molecule has 0 saturated heterocycles. The van der Waals surface area contributed by atoms with Gasteiger partial charge in [0, 0.05) is 25.9 Å². The van der Waals surface area contributed by atoms with E-state index < -0.39 is 9.84 Å². The number of sulfone groups is 1. The van der Waals surface area contributed by atoms with Crippen molar-refractivity contribution in [3.05, 3.63) is 29.8 Å². The van der Waals surface area contributed by atoms with Crippen LogP contribution in [0.4, 0.5) is 0 Å². The molecule has 140 valence electrons. The molecule has 0 spiro atoms. The molecule has 1 fully saturated rings. The molecule has 0 amide bonds. The third-order valence-electron chi connectivity index (χ3n) is 5.14. The zero-order valence-electron chi connectivity index (χ0n) is 15.6. The van der Waals surface area contributed by atoms with Crippen LogP contribution in [0.1, 0.15) is 45.1 Å². The average Bonchev–Trinajstić information content (AvgIpc) is 2.54. The smallest absolute Gasteiger partial charge is 0.191 e. The number of rotatable bonds is 8. The molecule has 2 rings (SSSR count). The lowest BCUT2D eigenvalue weighted by atomic mass is 9.67. The average molecular weight is 366 g/mol. The van der Waals surface area contributed by atoms with Gasteiger partial charge >= 0.3 is 0 Å². The van der Waals surface area contributed by atoms with Crippen molar-refractivity contribution in [3.63, 3.8) is 0 Å². The highest BCUT2D eigenvalue weighted by molar-refractivity contribution is 7.90. The third-order valence-corrected chi connectivity index (χ3v) is 6.27. The topological polar surface area (TPSA) is 70.6 Å². The van der Waals surface area contributed by atoms with Gasteiger partial charge in [0.1, 0.15) is 0 Å². The fourth-order valence-corrected chi connectivity index (χ4v) is 3.75. The summed E-state index contributed by atoms with van der Waals surface area (Å²) in [6.45, 7) is 6.83. The predicted molar refractivity (Wildman–Crippen MR) is 104 cm³/mol. The summed E-state index contributed by atoms with van der Waals surface area (Å²) in [6, 6.07) is 7.10. The quantitative estimate of drug-likeness (QED) is 0.549. The summed E-state index contributed by atoms with van der Waals surface area (Å²) >= 11 is 0. The molecular weight excluding hydrogens is 334 g/mol. The first kappa shape index (κ1) is 19.8. The number of guanidine groups is 1. The molecule has 1 saturated carbocycles. The lowest BCUT2D eigenvalue weighted by Gasteiger charge is -2.40. The van der Waals surface area contributed by atoms with Crippen molar-refractivity contribution in [3.8, 4) is 0 Å². The van der Waals surface area contributed by atoms with E-state index in [1.54, 1.807) is 12.1 Å². The van der Waals surface area contributed by atoms with E-state index in [0.717, 1.165) is 37.6 Å². The largest absolute Gasteiger partial charge is 0.357 e. The molecular formula is C19H31N3O2S. The molecule has 0 unspecified atom stereocenters. The van der Waals surface area contributed by atoms with Gasteiger partial charge in [-0.15, -0.1) is 0 Å². The van der Waals surface area contributed by atoms with Crippen LogP contribution in [0.3, 0.4) is 0 Å². The zero-order chi connectivity index (χ0) is 18.3. The molecule has 25 heavy (non-hydrogen) atoms. The first-order valence-corrected chi connectivity index (χ1v) is 11.1. The second-order valence-corrected chi connectivity index (χ2v) is 9.01. The molecule has 0 heterocycles. The van der Waals surface area contributed by atoms with E-state index in [9.17, 15) is 8.42 Å². The van der Waals surface area contributed by atoms with Crippen LogP contribution in [-0.4, -0.2) is 40.3 Å². The molecule has 1 aromatic carbocycles. The summed E-state index contributed by atoms with van der Waals surface area (Å²) in [5.41, 5.74) is 1.53. The van der Waals surface area contributed by atoms with Crippen LogP contribution in [0.2, 0.25) is 0 Å². The van der Waals surface area contributed by atoms with Crippen LogP contribution in [0, 0.1) is 5.41 Å². The van der Waals surface area contributed by atoms with E-state index >= 15 is 0 Å². The Bertz CT molecular complexity index is 672. The molecule has 1 aromatic rings. The Morgan fingerprint density at radius 3 is 2.32 bits per heavy atom. The molecule has 5 nitrogen and oxygen atoms in total. The normalized spacial score (nSPS) is 17.0. The summed E-state index contributed by atoms with van der Waals surface area (Å²) in [7, 11) is -3.13. The Morgan fingerprint density at radius 2 is 1.84 bits per heavy atom. The van der Waals surface area contributed by atoms with Crippen molar-refractivity contribution in [1.82, 2.24) is 10.6 Å². The lowest BCUT2D eigenvalue weighted by molar-refractivity contribution is 0.139. The number of nitrogens with zero attached hydrogens (tertiary/aromatic N) is 1. The highest BCUT2D eigenvalue weighted by Crippen LogP contribution is 2.43. The Kier molecular flexibility index (Phi) is 6.87. The third kappa shape index (κ3) is 5.73. The molecule has 1 aliphatic carbocycles. The number of nitrogens with one attached hydrogen (secondary N) is 2. The van der Waals surface area contributed by atoms with Crippen LogP contribution in [-0.2, 0) is 16.3 Å². The number of hydrogen-bond donors (Lipinski definition) is 2. The minimum atomic E-state index is -3.13. The van der Waals surface area contributed by atoms with E-state index in [1.165, 1.54) is 31.9 Å². The Hall–Kier alpha value is -1.56. The summed E-state index contributed by atoms with van der Waals surface area (Å²) in [6.07, 6.45) is 7.17. The molecule has 2 N–H and O–H groups in total. The van der Waals surface area contributed by atoms with E-state index in [-0.39, 0.29) is 0 Å². The van der Waals surface area contributed by atoms with Crippen LogP contribution in [0.25, 0.3) is 0 Å². The van der Waals surface area contributed by atoms with Crippen molar-refractivity contribution < 1.29 is 8.42 Å². The van der Waals surface area contributed by atoms with Gasteiger partial charge in [-0.1, -0.05) is 25.5 Å². The van der Waals surface area contributed by atoms with Gasteiger partial charge in [0.05, 0.1) is 4.90 Å². The Morgan fingerprint density at radius 1 is 1.16 bits per heavy atom. The van der Waals surface area contributed by atoms with Gasteiger partial charge in [-0.05, 0) is 55.7 Å². The fourth-order valence-electron chi connectivity index (χ4n) is 3.12. The second kappa shape index (κ2) is 8.70. The summed E-state index contributed by atoms with van der Waals surface area (Å²) in [5, 5.41) is 6.68. The van der Waals surface area contributed by atoms with Crippen LogP contribution < -0.4 is 10.6 Å². The van der Waals surface area contributed by atoms with Crippen LogP contribution in [0.15, 0.2) is 34.2 Å². The highest BCUT2D eigenvalue weighted by atomic mass is 32.2. The maximum absolute atomic E-state index is 11.5. The van der Waals surface area contributed by atoms with Crippen molar-refractivity contribution in [2.24, 2.45) is 10.4 Å². The minimum Gasteiger partial charge on any atom is -0.357 e. The van der Waals surface area contributed by atoms with Gasteiger partial charge < -0.3 is 10.6 Å². The Labute approximate surface area is 152 Å². The predicted octanol–water partition coefficient (Wildman–Crippen LogP) is 2.77. The van der Waals surface area contributed by atoms with Gasteiger partial charge in [0.25, 0.3) is 0 Å². The molecule has 0 aliphatic heterocycles. The molecule has 0 bridgehead atoms. The van der Waals surface area contributed by atoms with Gasteiger partial charge in [0.2, 0.25) is 0 Å². The maximum atomic E-state index is 11.5. The van der Waals surface area contributed by atoms with Crippen LogP contribution in [0.5, 0.6) is 0 Å². The summed E-state index contributed by atoms with van der Waals surface area (Å²) in [4.78, 5) is 5.14. The van der Waals surface area contributed by atoms with E-state index in [0.29, 0.717) is 10.3 Å².